The second kappa shape index (κ2) is 2.20. The molecule has 0 fully saturated rings. The van der Waals surface area contributed by atoms with Crippen LogP contribution >= 0.6 is 11.6 Å². The molecular formula is C7H6ClN3. The fourth-order valence-corrected chi connectivity index (χ4v) is 1.13. The molecule has 0 aliphatic carbocycles. The lowest BCUT2D eigenvalue weighted by Crippen LogP contribution is -1.88. The van der Waals surface area contributed by atoms with Gasteiger partial charge < -0.3 is 4.40 Å². The van der Waals surface area contributed by atoms with E-state index < -0.39 is 0 Å². The van der Waals surface area contributed by atoms with Gasteiger partial charge in [0.1, 0.15) is 5.15 Å². The van der Waals surface area contributed by atoms with Crippen LogP contribution in [0.1, 0.15) is 5.69 Å². The van der Waals surface area contributed by atoms with Crippen molar-refractivity contribution in [1.82, 2.24) is 14.4 Å². The Hall–Kier alpha value is -1.09. The Morgan fingerprint density at radius 3 is 3.00 bits per heavy atom. The predicted molar refractivity (Wildman–Crippen MR) is 42.7 cm³/mol. The molecule has 0 N–H and O–H groups in total. The quantitative estimate of drug-likeness (QED) is 0.598. The topological polar surface area (TPSA) is 30.2 Å². The van der Waals surface area contributed by atoms with E-state index in [4.69, 9.17) is 11.6 Å². The Bertz CT molecular complexity index is 393. The Kier molecular flexibility index (Phi) is 1.32. The van der Waals surface area contributed by atoms with Gasteiger partial charge in [-0.2, -0.15) is 0 Å². The maximum atomic E-state index is 5.69. The third-order valence-corrected chi connectivity index (χ3v) is 1.74. The molecule has 3 nitrogen and oxygen atoms in total. The van der Waals surface area contributed by atoms with Gasteiger partial charge in [0.05, 0.1) is 6.20 Å². The van der Waals surface area contributed by atoms with Crippen LogP contribution in [0.15, 0.2) is 18.6 Å². The first-order chi connectivity index (χ1) is 5.27. The SMILES string of the molecule is Cc1cnc2cnc(Cl)cn12. The van der Waals surface area contributed by atoms with Crippen LogP contribution < -0.4 is 0 Å². The number of fused-ring (bicyclic) bond motifs is 1. The molecule has 2 aromatic heterocycles. The zero-order valence-electron chi connectivity index (χ0n) is 5.95. The van der Waals surface area contributed by atoms with Gasteiger partial charge in [-0.1, -0.05) is 11.6 Å². The summed E-state index contributed by atoms with van der Waals surface area (Å²) in [6, 6.07) is 0. The first-order valence-electron chi connectivity index (χ1n) is 3.22. The molecule has 4 heteroatoms. The van der Waals surface area contributed by atoms with Crippen LogP contribution in [0.3, 0.4) is 0 Å². The summed E-state index contributed by atoms with van der Waals surface area (Å²) in [5.41, 5.74) is 1.89. The summed E-state index contributed by atoms with van der Waals surface area (Å²) in [5.74, 6) is 0. The molecule has 2 heterocycles. The second-order valence-electron chi connectivity index (χ2n) is 2.34. The molecule has 0 saturated heterocycles. The summed E-state index contributed by atoms with van der Waals surface area (Å²) in [7, 11) is 0. The van der Waals surface area contributed by atoms with Crippen molar-refractivity contribution in [1.29, 1.82) is 0 Å². The molecule has 0 unspecified atom stereocenters. The number of aromatic nitrogens is 3. The van der Waals surface area contributed by atoms with E-state index in [0.29, 0.717) is 5.15 Å². The Morgan fingerprint density at radius 1 is 1.36 bits per heavy atom. The number of aryl methyl sites for hydroxylation is 1. The lowest BCUT2D eigenvalue weighted by molar-refractivity contribution is 1.07. The Morgan fingerprint density at radius 2 is 2.18 bits per heavy atom. The maximum Gasteiger partial charge on any atom is 0.155 e. The number of hydrogen-bond donors (Lipinski definition) is 0. The minimum Gasteiger partial charge on any atom is -0.300 e. The average molecular weight is 168 g/mol. The minimum absolute atomic E-state index is 0.485. The highest BCUT2D eigenvalue weighted by molar-refractivity contribution is 6.29. The van der Waals surface area contributed by atoms with E-state index in [2.05, 4.69) is 9.97 Å². The Labute approximate surface area is 68.7 Å². The molecule has 0 amide bonds. The van der Waals surface area contributed by atoms with Crippen LogP contribution in [0.4, 0.5) is 0 Å². The molecule has 0 atom stereocenters. The van der Waals surface area contributed by atoms with Gasteiger partial charge in [-0.05, 0) is 6.92 Å². The summed E-state index contributed by atoms with van der Waals surface area (Å²) in [5, 5.41) is 0.485. The van der Waals surface area contributed by atoms with Crippen LogP contribution in [-0.4, -0.2) is 14.4 Å². The van der Waals surface area contributed by atoms with Crippen LogP contribution in [0.2, 0.25) is 5.15 Å². The fourth-order valence-electron chi connectivity index (χ4n) is 0.987. The zero-order valence-corrected chi connectivity index (χ0v) is 6.71. The van der Waals surface area contributed by atoms with Gasteiger partial charge >= 0.3 is 0 Å². The molecule has 0 aliphatic rings. The second-order valence-corrected chi connectivity index (χ2v) is 2.73. The smallest absolute Gasteiger partial charge is 0.155 e. The Balaban J connectivity index is 2.87. The monoisotopic (exact) mass is 167 g/mol. The van der Waals surface area contributed by atoms with Crippen molar-refractivity contribution in [2.45, 2.75) is 6.92 Å². The molecular weight excluding hydrogens is 162 g/mol. The maximum absolute atomic E-state index is 5.69. The summed E-state index contributed by atoms with van der Waals surface area (Å²) < 4.78 is 1.90. The molecule has 0 saturated carbocycles. The molecule has 0 radical (unpaired) electrons. The molecule has 0 spiro atoms. The summed E-state index contributed by atoms with van der Waals surface area (Å²) in [6.45, 7) is 1.97. The van der Waals surface area contributed by atoms with Gasteiger partial charge in [0.15, 0.2) is 5.65 Å². The first-order valence-corrected chi connectivity index (χ1v) is 3.60. The highest BCUT2D eigenvalue weighted by atomic mass is 35.5. The van der Waals surface area contributed by atoms with Crippen molar-refractivity contribution in [2.24, 2.45) is 0 Å². The van der Waals surface area contributed by atoms with E-state index in [-0.39, 0.29) is 0 Å². The van der Waals surface area contributed by atoms with Crippen molar-refractivity contribution < 1.29 is 0 Å². The first kappa shape index (κ1) is 6.61. The fraction of sp³-hybridized carbons (Fsp3) is 0.143. The number of imidazole rings is 1. The van der Waals surface area contributed by atoms with Crippen molar-refractivity contribution >= 4 is 17.2 Å². The van der Waals surface area contributed by atoms with E-state index >= 15 is 0 Å². The number of nitrogens with zero attached hydrogens (tertiary/aromatic N) is 3. The van der Waals surface area contributed by atoms with Gasteiger partial charge in [-0.3, -0.25) is 0 Å². The number of rotatable bonds is 0. The minimum atomic E-state index is 0.485. The standard InChI is InChI=1S/C7H6ClN3/c1-5-2-10-7-3-9-6(8)4-11(5)7/h2-4H,1H3. The molecule has 0 bridgehead atoms. The van der Waals surface area contributed by atoms with Crippen LogP contribution in [-0.2, 0) is 0 Å². The molecule has 2 rings (SSSR count). The third-order valence-electron chi connectivity index (χ3n) is 1.55. The summed E-state index contributed by atoms with van der Waals surface area (Å²) in [4.78, 5) is 8.00. The molecule has 56 valence electrons. The van der Waals surface area contributed by atoms with Gasteiger partial charge in [0.2, 0.25) is 0 Å². The zero-order chi connectivity index (χ0) is 7.84. The van der Waals surface area contributed by atoms with Crippen LogP contribution in [0.5, 0.6) is 0 Å². The highest BCUT2D eigenvalue weighted by Crippen LogP contribution is 2.08. The van der Waals surface area contributed by atoms with E-state index in [1.807, 2.05) is 11.3 Å². The van der Waals surface area contributed by atoms with Crippen molar-refractivity contribution in [2.75, 3.05) is 0 Å². The largest absolute Gasteiger partial charge is 0.300 e. The summed E-state index contributed by atoms with van der Waals surface area (Å²) >= 11 is 5.69. The van der Waals surface area contributed by atoms with Gasteiger partial charge in [0.25, 0.3) is 0 Å². The van der Waals surface area contributed by atoms with E-state index in [0.717, 1.165) is 11.3 Å². The predicted octanol–water partition coefficient (Wildman–Crippen LogP) is 1.69. The van der Waals surface area contributed by atoms with E-state index in [1.165, 1.54) is 0 Å². The van der Waals surface area contributed by atoms with Crippen LogP contribution in [0.25, 0.3) is 5.65 Å². The third kappa shape index (κ3) is 0.973. The van der Waals surface area contributed by atoms with E-state index in [1.54, 1.807) is 18.6 Å². The number of hydrogen-bond acceptors (Lipinski definition) is 2. The van der Waals surface area contributed by atoms with Crippen molar-refractivity contribution in [3.8, 4) is 0 Å². The summed E-state index contributed by atoms with van der Waals surface area (Å²) in [6.07, 6.45) is 5.18. The average Bonchev–Trinajstić information content (AvgIpc) is 2.33. The van der Waals surface area contributed by atoms with Crippen molar-refractivity contribution in [3.63, 3.8) is 0 Å². The van der Waals surface area contributed by atoms with Gasteiger partial charge in [0, 0.05) is 18.1 Å². The normalized spacial score (nSPS) is 10.7. The lowest BCUT2D eigenvalue weighted by Gasteiger charge is -1.94. The van der Waals surface area contributed by atoms with Crippen LogP contribution in [0, 0.1) is 6.92 Å². The molecule has 11 heavy (non-hydrogen) atoms. The number of halogens is 1. The van der Waals surface area contributed by atoms with Gasteiger partial charge in [-0.15, -0.1) is 0 Å². The highest BCUT2D eigenvalue weighted by Gasteiger charge is 1.98. The molecule has 0 aromatic carbocycles. The molecule has 0 aliphatic heterocycles. The van der Waals surface area contributed by atoms with Crippen molar-refractivity contribution in [3.05, 3.63) is 29.4 Å². The van der Waals surface area contributed by atoms with Gasteiger partial charge in [-0.25, -0.2) is 9.97 Å². The van der Waals surface area contributed by atoms with E-state index in [9.17, 15) is 0 Å². The molecule has 2 aromatic rings. The lowest BCUT2D eigenvalue weighted by atomic mass is 10.5.